The summed E-state index contributed by atoms with van der Waals surface area (Å²) in [5.74, 6) is -0.381. The second kappa shape index (κ2) is 9.47. The molecule has 0 spiro atoms. The van der Waals surface area contributed by atoms with Crippen LogP contribution in [0.5, 0.6) is 0 Å². The molecule has 3 aromatic carbocycles. The molecule has 0 radical (unpaired) electrons. The Balaban J connectivity index is 1.46. The Labute approximate surface area is 182 Å². The van der Waals surface area contributed by atoms with Crippen LogP contribution >= 0.6 is 0 Å². The molecule has 1 aliphatic carbocycles. The van der Waals surface area contributed by atoms with E-state index in [1.54, 1.807) is 6.92 Å². The van der Waals surface area contributed by atoms with Crippen LogP contribution in [0.25, 0.3) is 11.1 Å². The van der Waals surface area contributed by atoms with Gasteiger partial charge in [-0.05, 0) is 34.7 Å². The summed E-state index contributed by atoms with van der Waals surface area (Å²) in [6, 6.07) is 25.2. The van der Waals surface area contributed by atoms with Crippen molar-refractivity contribution >= 4 is 12.1 Å². The Morgan fingerprint density at radius 1 is 0.839 bits per heavy atom. The van der Waals surface area contributed by atoms with Gasteiger partial charge in [-0.25, -0.2) is 4.79 Å². The van der Waals surface area contributed by atoms with Crippen LogP contribution in [0.4, 0.5) is 4.79 Å². The molecule has 0 aromatic heterocycles. The Kier molecular flexibility index (Phi) is 6.32. The first-order valence-electron chi connectivity index (χ1n) is 10.5. The number of carbonyl (C=O) groups is 2. The van der Waals surface area contributed by atoms with E-state index in [4.69, 9.17) is 9.47 Å². The molecule has 5 nitrogen and oxygen atoms in total. The SMILES string of the molecule is CCOC(=O)C[C@H](NC(=O)OCC1c2ccccc2-c2ccccc21)c1ccccc1. The van der Waals surface area contributed by atoms with E-state index in [0.717, 1.165) is 16.7 Å². The smallest absolute Gasteiger partial charge is 0.407 e. The maximum atomic E-state index is 12.7. The second-order valence-electron chi connectivity index (χ2n) is 7.44. The van der Waals surface area contributed by atoms with Crippen LogP contribution in [-0.2, 0) is 14.3 Å². The van der Waals surface area contributed by atoms with E-state index in [2.05, 4.69) is 29.6 Å². The quantitative estimate of drug-likeness (QED) is 0.538. The van der Waals surface area contributed by atoms with Crippen molar-refractivity contribution in [1.82, 2.24) is 5.32 Å². The fourth-order valence-corrected chi connectivity index (χ4v) is 4.11. The summed E-state index contributed by atoms with van der Waals surface area (Å²) in [6.07, 6.45) is -0.512. The predicted octanol–water partition coefficient (Wildman–Crippen LogP) is 5.22. The number of alkyl carbamates (subject to hydrolysis) is 1. The molecular formula is C26H25NO4. The minimum atomic E-state index is -0.556. The van der Waals surface area contributed by atoms with Crippen LogP contribution in [-0.4, -0.2) is 25.3 Å². The van der Waals surface area contributed by atoms with E-state index in [1.807, 2.05) is 54.6 Å². The summed E-state index contributed by atoms with van der Waals surface area (Å²) in [7, 11) is 0. The summed E-state index contributed by atoms with van der Waals surface area (Å²) in [5, 5.41) is 2.83. The Morgan fingerprint density at radius 3 is 2.03 bits per heavy atom. The molecule has 0 saturated heterocycles. The molecule has 1 atom stereocenters. The molecule has 1 N–H and O–H groups in total. The lowest BCUT2D eigenvalue weighted by Crippen LogP contribution is -2.32. The Bertz CT molecular complexity index is 1020. The van der Waals surface area contributed by atoms with Crippen molar-refractivity contribution in [3.63, 3.8) is 0 Å². The summed E-state index contributed by atoms with van der Waals surface area (Å²) in [5.41, 5.74) is 5.49. The van der Waals surface area contributed by atoms with Crippen molar-refractivity contribution < 1.29 is 19.1 Å². The van der Waals surface area contributed by atoms with Gasteiger partial charge in [0.25, 0.3) is 0 Å². The summed E-state index contributed by atoms with van der Waals surface area (Å²) < 4.78 is 10.7. The topological polar surface area (TPSA) is 64.6 Å². The van der Waals surface area contributed by atoms with Crippen molar-refractivity contribution in [3.05, 3.63) is 95.6 Å². The van der Waals surface area contributed by atoms with E-state index in [0.29, 0.717) is 6.61 Å². The van der Waals surface area contributed by atoms with Gasteiger partial charge in [0.1, 0.15) is 6.61 Å². The third-order valence-corrected chi connectivity index (χ3v) is 5.51. The molecule has 0 bridgehead atoms. The summed E-state index contributed by atoms with van der Waals surface area (Å²) in [4.78, 5) is 24.7. The average Bonchev–Trinajstić information content (AvgIpc) is 3.12. The first kappa shape index (κ1) is 20.7. The van der Waals surface area contributed by atoms with Gasteiger partial charge in [-0.3, -0.25) is 4.79 Å². The minimum absolute atomic E-state index is 0.0154. The first-order valence-corrected chi connectivity index (χ1v) is 10.5. The monoisotopic (exact) mass is 415 g/mol. The fraction of sp³-hybridized carbons (Fsp3) is 0.231. The van der Waals surface area contributed by atoms with Gasteiger partial charge in [0.15, 0.2) is 0 Å². The van der Waals surface area contributed by atoms with Crippen LogP contribution < -0.4 is 5.32 Å². The van der Waals surface area contributed by atoms with Crippen molar-refractivity contribution in [1.29, 1.82) is 0 Å². The highest BCUT2D eigenvalue weighted by Crippen LogP contribution is 2.44. The van der Waals surface area contributed by atoms with E-state index in [1.165, 1.54) is 11.1 Å². The molecule has 0 aliphatic heterocycles. The Hall–Kier alpha value is -3.60. The van der Waals surface area contributed by atoms with Crippen molar-refractivity contribution in [3.8, 4) is 11.1 Å². The third kappa shape index (κ3) is 4.61. The van der Waals surface area contributed by atoms with E-state index in [9.17, 15) is 9.59 Å². The van der Waals surface area contributed by atoms with Gasteiger partial charge in [0.05, 0.1) is 19.1 Å². The maximum Gasteiger partial charge on any atom is 0.407 e. The Morgan fingerprint density at radius 2 is 1.42 bits per heavy atom. The zero-order valence-electron chi connectivity index (χ0n) is 17.4. The lowest BCUT2D eigenvalue weighted by atomic mass is 9.98. The summed E-state index contributed by atoms with van der Waals surface area (Å²) in [6.45, 7) is 2.28. The van der Waals surface area contributed by atoms with Gasteiger partial charge in [0, 0.05) is 5.92 Å². The standard InChI is InChI=1S/C26H25NO4/c1-2-30-25(28)16-24(18-10-4-3-5-11-18)27-26(29)31-17-23-21-14-8-6-12-19(21)20-13-7-9-15-22(20)23/h3-15,23-24H,2,16-17H2,1H3,(H,27,29)/t24-/m0/s1. The fourth-order valence-electron chi connectivity index (χ4n) is 4.11. The number of amides is 1. The molecule has 158 valence electrons. The van der Waals surface area contributed by atoms with E-state index >= 15 is 0 Å². The van der Waals surface area contributed by atoms with Crippen molar-refractivity contribution in [2.75, 3.05) is 13.2 Å². The van der Waals surface area contributed by atoms with E-state index in [-0.39, 0.29) is 24.9 Å². The summed E-state index contributed by atoms with van der Waals surface area (Å²) >= 11 is 0. The van der Waals surface area contributed by atoms with Crippen LogP contribution in [0.3, 0.4) is 0 Å². The second-order valence-corrected chi connectivity index (χ2v) is 7.44. The lowest BCUT2D eigenvalue weighted by Gasteiger charge is -2.20. The number of ether oxygens (including phenoxy) is 2. The van der Waals surface area contributed by atoms with Gasteiger partial charge < -0.3 is 14.8 Å². The molecule has 1 amide bonds. The zero-order chi connectivity index (χ0) is 21.6. The number of fused-ring (bicyclic) bond motifs is 3. The minimum Gasteiger partial charge on any atom is -0.466 e. The lowest BCUT2D eigenvalue weighted by molar-refractivity contribution is -0.143. The van der Waals surface area contributed by atoms with E-state index < -0.39 is 12.1 Å². The molecular weight excluding hydrogens is 390 g/mol. The molecule has 0 unspecified atom stereocenters. The first-order chi connectivity index (χ1) is 15.2. The molecule has 3 aromatic rings. The van der Waals surface area contributed by atoms with Crippen LogP contribution in [0, 0.1) is 0 Å². The van der Waals surface area contributed by atoms with Gasteiger partial charge in [-0.2, -0.15) is 0 Å². The van der Waals surface area contributed by atoms with Gasteiger partial charge in [-0.1, -0.05) is 78.9 Å². The average molecular weight is 415 g/mol. The molecule has 1 aliphatic rings. The highest BCUT2D eigenvalue weighted by molar-refractivity contribution is 5.79. The molecule has 31 heavy (non-hydrogen) atoms. The van der Waals surface area contributed by atoms with Crippen LogP contribution in [0.15, 0.2) is 78.9 Å². The number of hydrogen-bond donors (Lipinski definition) is 1. The molecule has 0 heterocycles. The van der Waals surface area contributed by atoms with Gasteiger partial charge in [-0.15, -0.1) is 0 Å². The van der Waals surface area contributed by atoms with Crippen molar-refractivity contribution in [2.24, 2.45) is 0 Å². The molecule has 0 fully saturated rings. The van der Waals surface area contributed by atoms with Gasteiger partial charge >= 0.3 is 12.1 Å². The maximum absolute atomic E-state index is 12.7. The number of hydrogen-bond acceptors (Lipinski definition) is 4. The molecule has 4 rings (SSSR count). The van der Waals surface area contributed by atoms with Crippen molar-refractivity contribution in [2.45, 2.75) is 25.3 Å². The number of carbonyl (C=O) groups excluding carboxylic acids is 2. The van der Waals surface area contributed by atoms with Crippen LogP contribution in [0.1, 0.15) is 42.0 Å². The normalized spacial score (nSPS) is 13.1. The molecule has 5 heteroatoms. The highest BCUT2D eigenvalue weighted by atomic mass is 16.5. The predicted molar refractivity (Wildman–Crippen MR) is 119 cm³/mol. The highest BCUT2D eigenvalue weighted by Gasteiger charge is 2.29. The zero-order valence-corrected chi connectivity index (χ0v) is 17.4. The third-order valence-electron chi connectivity index (χ3n) is 5.51. The number of rotatable bonds is 7. The molecule has 0 saturated carbocycles. The van der Waals surface area contributed by atoms with Crippen LogP contribution in [0.2, 0.25) is 0 Å². The largest absolute Gasteiger partial charge is 0.466 e. The number of esters is 1. The van der Waals surface area contributed by atoms with Gasteiger partial charge in [0.2, 0.25) is 0 Å². The number of nitrogens with one attached hydrogen (secondary N) is 1. The number of benzene rings is 3.